The molecule has 1 aromatic heterocycles. The second-order valence-electron chi connectivity index (χ2n) is 6.02. The van der Waals surface area contributed by atoms with Gasteiger partial charge in [-0.3, -0.25) is 0 Å². The summed E-state index contributed by atoms with van der Waals surface area (Å²) in [5.41, 5.74) is 1.42. The summed E-state index contributed by atoms with van der Waals surface area (Å²) in [6, 6.07) is 9.89. The fraction of sp³-hybridized carbons (Fsp3) is 0.412. The van der Waals surface area contributed by atoms with E-state index in [9.17, 15) is 0 Å². The molecule has 0 radical (unpaired) electrons. The minimum Gasteiger partial charge on any atom is -0.439 e. The molecule has 2 aromatic rings. The van der Waals surface area contributed by atoms with Crippen molar-refractivity contribution in [3.63, 3.8) is 0 Å². The monoisotopic (exact) mass is 285 g/mol. The van der Waals surface area contributed by atoms with Gasteiger partial charge in [0.15, 0.2) is 0 Å². The lowest BCUT2D eigenvalue weighted by Gasteiger charge is -2.19. The predicted molar refractivity (Wildman–Crippen MR) is 86.0 cm³/mol. The van der Waals surface area contributed by atoms with Crippen LogP contribution in [-0.2, 0) is 5.41 Å². The van der Waals surface area contributed by atoms with Crippen molar-refractivity contribution < 1.29 is 4.74 Å². The van der Waals surface area contributed by atoms with E-state index in [1.54, 1.807) is 12.3 Å². The average molecular weight is 285 g/mol. The van der Waals surface area contributed by atoms with Gasteiger partial charge in [0.1, 0.15) is 5.75 Å². The van der Waals surface area contributed by atoms with Crippen molar-refractivity contribution in [3.8, 4) is 11.6 Å². The zero-order valence-electron chi connectivity index (χ0n) is 13.2. The smallest absolute Gasteiger partial charge is 0.225 e. The standard InChI is InChI=1S/C17H23N3O/c1-5-11-18-16-19-12-10-15(20-16)21-14-8-6-13(7-9-14)17(2,3)4/h6-10,12H,5,11H2,1-4H3,(H,18,19,20). The van der Waals surface area contributed by atoms with Gasteiger partial charge >= 0.3 is 0 Å². The van der Waals surface area contributed by atoms with Crippen LogP contribution in [0.15, 0.2) is 36.5 Å². The molecule has 0 fully saturated rings. The van der Waals surface area contributed by atoms with E-state index in [0.29, 0.717) is 11.8 Å². The molecule has 0 atom stereocenters. The summed E-state index contributed by atoms with van der Waals surface area (Å²) in [6.45, 7) is 9.53. The normalized spacial score (nSPS) is 11.2. The Balaban J connectivity index is 2.07. The molecule has 0 saturated carbocycles. The number of benzene rings is 1. The summed E-state index contributed by atoms with van der Waals surface area (Å²) in [5, 5.41) is 3.15. The first kappa shape index (κ1) is 15.3. The van der Waals surface area contributed by atoms with Crippen molar-refractivity contribution in [3.05, 3.63) is 42.1 Å². The van der Waals surface area contributed by atoms with Gasteiger partial charge in [-0.15, -0.1) is 0 Å². The van der Waals surface area contributed by atoms with Gasteiger partial charge in [-0.1, -0.05) is 39.8 Å². The zero-order chi connectivity index (χ0) is 15.3. The lowest BCUT2D eigenvalue weighted by molar-refractivity contribution is 0.461. The Morgan fingerprint density at radius 2 is 1.81 bits per heavy atom. The van der Waals surface area contributed by atoms with Crippen LogP contribution in [0.2, 0.25) is 0 Å². The van der Waals surface area contributed by atoms with Crippen molar-refractivity contribution in [2.24, 2.45) is 0 Å². The molecule has 1 aromatic carbocycles. The third-order valence-electron chi connectivity index (χ3n) is 3.11. The van der Waals surface area contributed by atoms with Crippen molar-refractivity contribution in [2.45, 2.75) is 39.5 Å². The minimum atomic E-state index is 0.144. The summed E-state index contributed by atoms with van der Waals surface area (Å²) in [6.07, 6.45) is 2.73. The maximum absolute atomic E-state index is 5.78. The third-order valence-corrected chi connectivity index (χ3v) is 3.11. The Morgan fingerprint density at radius 1 is 1.10 bits per heavy atom. The van der Waals surface area contributed by atoms with E-state index < -0.39 is 0 Å². The van der Waals surface area contributed by atoms with E-state index >= 15 is 0 Å². The van der Waals surface area contributed by atoms with Crippen LogP contribution < -0.4 is 10.1 Å². The molecule has 4 heteroatoms. The van der Waals surface area contributed by atoms with Crippen molar-refractivity contribution in [1.29, 1.82) is 0 Å². The lowest BCUT2D eigenvalue weighted by atomic mass is 9.87. The Morgan fingerprint density at radius 3 is 2.43 bits per heavy atom. The highest BCUT2D eigenvalue weighted by Crippen LogP contribution is 2.26. The largest absolute Gasteiger partial charge is 0.439 e. The van der Waals surface area contributed by atoms with Crippen molar-refractivity contribution in [1.82, 2.24) is 9.97 Å². The quantitative estimate of drug-likeness (QED) is 0.885. The first-order valence-corrected chi connectivity index (χ1v) is 7.34. The van der Waals surface area contributed by atoms with E-state index in [2.05, 4.69) is 55.1 Å². The Bertz CT molecular complexity index is 573. The summed E-state index contributed by atoms with van der Waals surface area (Å²) < 4.78 is 5.78. The molecule has 0 aliphatic heterocycles. The molecular formula is C17H23N3O. The first-order chi connectivity index (χ1) is 9.99. The van der Waals surface area contributed by atoms with Gasteiger partial charge in [0.2, 0.25) is 11.8 Å². The summed E-state index contributed by atoms with van der Waals surface area (Å²) >= 11 is 0. The zero-order valence-corrected chi connectivity index (χ0v) is 13.2. The SMILES string of the molecule is CCCNc1nccc(Oc2ccc(C(C)(C)C)cc2)n1. The number of ether oxygens (including phenoxy) is 1. The van der Waals surface area contributed by atoms with Crippen LogP contribution in [0.1, 0.15) is 39.7 Å². The molecule has 0 saturated heterocycles. The third kappa shape index (κ3) is 4.45. The molecule has 4 nitrogen and oxygen atoms in total. The van der Waals surface area contributed by atoms with Crippen LogP contribution in [0.4, 0.5) is 5.95 Å². The number of nitrogens with one attached hydrogen (secondary N) is 1. The predicted octanol–water partition coefficient (Wildman–Crippen LogP) is 4.39. The topological polar surface area (TPSA) is 47.0 Å². The molecule has 21 heavy (non-hydrogen) atoms. The molecule has 1 heterocycles. The maximum Gasteiger partial charge on any atom is 0.225 e. The fourth-order valence-electron chi connectivity index (χ4n) is 1.86. The summed E-state index contributed by atoms with van der Waals surface area (Å²) in [4.78, 5) is 8.50. The molecule has 0 aliphatic rings. The second kappa shape index (κ2) is 6.57. The van der Waals surface area contributed by atoms with E-state index in [1.165, 1.54) is 5.56 Å². The van der Waals surface area contributed by atoms with Crippen molar-refractivity contribution >= 4 is 5.95 Å². The van der Waals surface area contributed by atoms with Crippen LogP contribution in [0.25, 0.3) is 0 Å². The fourth-order valence-corrected chi connectivity index (χ4v) is 1.86. The average Bonchev–Trinajstić information content (AvgIpc) is 2.45. The molecular weight excluding hydrogens is 262 g/mol. The number of nitrogens with zero attached hydrogens (tertiary/aromatic N) is 2. The van der Waals surface area contributed by atoms with Gasteiger partial charge in [0.25, 0.3) is 0 Å². The van der Waals surface area contributed by atoms with Gasteiger partial charge in [-0.25, -0.2) is 4.98 Å². The van der Waals surface area contributed by atoms with Gasteiger partial charge in [-0.05, 0) is 29.5 Å². The highest BCUT2D eigenvalue weighted by Gasteiger charge is 2.13. The number of hydrogen-bond donors (Lipinski definition) is 1. The molecule has 1 N–H and O–H groups in total. The van der Waals surface area contributed by atoms with Crippen LogP contribution in [-0.4, -0.2) is 16.5 Å². The lowest BCUT2D eigenvalue weighted by Crippen LogP contribution is -2.10. The molecule has 0 spiro atoms. The molecule has 0 bridgehead atoms. The van der Waals surface area contributed by atoms with E-state index in [4.69, 9.17) is 4.74 Å². The summed E-state index contributed by atoms with van der Waals surface area (Å²) in [7, 11) is 0. The highest BCUT2D eigenvalue weighted by molar-refractivity contribution is 5.34. The maximum atomic E-state index is 5.78. The Kier molecular flexibility index (Phi) is 4.78. The van der Waals surface area contributed by atoms with Gasteiger partial charge in [0.05, 0.1) is 0 Å². The van der Waals surface area contributed by atoms with Gasteiger partial charge < -0.3 is 10.1 Å². The van der Waals surface area contributed by atoms with Gasteiger partial charge in [-0.2, -0.15) is 4.98 Å². The second-order valence-corrected chi connectivity index (χ2v) is 6.02. The molecule has 0 aliphatic carbocycles. The summed E-state index contributed by atoms with van der Waals surface area (Å²) in [5.74, 6) is 1.93. The van der Waals surface area contributed by atoms with Crippen LogP contribution in [0, 0.1) is 0 Å². The van der Waals surface area contributed by atoms with Crippen LogP contribution in [0.3, 0.4) is 0 Å². The first-order valence-electron chi connectivity index (χ1n) is 7.34. The Labute approximate surface area is 126 Å². The van der Waals surface area contributed by atoms with Gasteiger partial charge in [0, 0.05) is 18.8 Å². The number of aromatic nitrogens is 2. The Hall–Kier alpha value is -2.10. The molecule has 0 amide bonds. The van der Waals surface area contributed by atoms with E-state index in [0.717, 1.165) is 18.7 Å². The molecule has 112 valence electrons. The molecule has 2 rings (SSSR count). The van der Waals surface area contributed by atoms with E-state index in [-0.39, 0.29) is 5.41 Å². The minimum absolute atomic E-state index is 0.144. The number of anilines is 1. The van der Waals surface area contributed by atoms with E-state index in [1.807, 2.05) is 12.1 Å². The number of rotatable bonds is 5. The molecule has 0 unspecified atom stereocenters. The van der Waals surface area contributed by atoms with Crippen LogP contribution >= 0.6 is 0 Å². The van der Waals surface area contributed by atoms with Crippen LogP contribution in [0.5, 0.6) is 11.6 Å². The van der Waals surface area contributed by atoms with Crippen molar-refractivity contribution in [2.75, 3.05) is 11.9 Å². The highest BCUT2D eigenvalue weighted by atomic mass is 16.5. The number of hydrogen-bond acceptors (Lipinski definition) is 4.